The van der Waals surface area contributed by atoms with Crippen molar-refractivity contribution in [1.82, 2.24) is 9.80 Å². The molecule has 3 saturated heterocycles. The maximum Gasteiger partial charge on any atom is 0.312 e. The first-order valence-corrected chi connectivity index (χ1v) is 14.0. The number of carbonyl (C=O) groups excluding carboxylic acids is 3. The summed E-state index contributed by atoms with van der Waals surface area (Å²) in [7, 11) is 0. The third-order valence-electron chi connectivity index (χ3n) is 8.68. The molecule has 0 aromatic rings. The Morgan fingerprint density at radius 1 is 1.24 bits per heavy atom. The van der Waals surface area contributed by atoms with Crippen molar-refractivity contribution in [1.29, 1.82) is 0 Å². The number of amides is 2. The van der Waals surface area contributed by atoms with Crippen LogP contribution in [0.5, 0.6) is 0 Å². The van der Waals surface area contributed by atoms with E-state index < -0.39 is 41.1 Å². The molecule has 37 heavy (non-hydrogen) atoms. The van der Waals surface area contributed by atoms with Crippen LogP contribution in [0.2, 0.25) is 0 Å². The van der Waals surface area contributed by atoms with Crippen LogP contribution in [0.25, 0.3) is 0 Å². The van der Waals surface area contributed by atoms with Gasteiger partial charge in [-0.25, -0.2) is 0 Å². The van der Waals surface area contributed by atoms with E-state index in [0.717, 1.165) is 19.3 Å². The molecule has 3 aliphatic rings. The van der Waals surface area contributed by atoms with Gasteiger partial charge in [-0.3, -0.25) is 14.4 Å². The second-order valence-corrected chi connectivity index (χ2v) is 11.1. The van der Waals surface area contributed by atoms with Crippen molar-refractivity contribution in [2.24, 2.45) is 17.8 Å². The van der Waals surface area contributed by atoms with Crippen molar-refractivity contribution in [2.75, 3.05) is 26.3 Å². The highest BCUT2D eigenvalue weighted by Gasteiger charge is 2.79. The maximum atomic E-state index is 14.3. The number of hydrogen-bond acceptors (Lipinski definition) is 6. The summed E-state index contributed by atoms with van der Waals surface area (Å²) in [6.45, 7) is 16.3. The number of hydrogen-bond donors (Lipinski definition) is 1. The van der Waals surface area contributed by atoms with Crippen LogP contribution >= 0.6 is 0 Å². The number of likely N-dealkylation sites (tertiary alicyclic amines) is 1. The van der Waals surface area contributed by atoms with Gasteiger partial charge in [0.1, 0.15) is 17.6 Å². The number of aliphatic hydroxyl groups excluding tert-OH is 1. The zero-order chi connectivity index (χ0) is 27.4. The molecule has 1 spiro atoms. The smallest absolute Gasteiger partial charge is 0.312 e. The molecule has 0 aromatic carbocycles. The maximum absolute atomic E-state index is 14.3. The third kappa shape index (κ3) is 4.99. The minimum absolute atomic E-state index is 0.0947. The Labute approximate surface area is 222 Å². The quantitative estimate of drug-likeness (QED) is 0.203. The van der Waals surface area contributed by atoms with Gasteiger partial charge in [-0.2, -0.15) is 0 Å². The van der Waals surface area contributed by atoms with Gasteiger partial charge < -0.3 is 24.4 Å². The van der Waals surface area contributed by atoms with Crippen LogP contribution < -0.4 is 0 Å². The van der Waals surface area contributed by atoms with Gasteiger partial charge in [0.25, 0.3) is 0 Å². The molecule has 0 aromatic heterocycles. The summed E-state index contributed by atoms with van der Waals surface area (Å²) in [6, 6.07) is -1.48. The predicted molar refractivity (Wildman–Crippen MR) is 141 cm³/mol. The van der Waals surface area contributed by atoms with Gasteiger partial charge in [0.15, 0.2) is 0 Å². The second-order valence-electron chi connectivity index (χ2n) is 11.1. The number of carbonyl (C=O) groups is 3. The van der Waals surface area contributed by atoms with E-state index in [4.69, 9.17) is 9.47 Å². The Morgan fingerprint density at radius 2 is 1.97 bits per heavy atom. The summed E-state index contributed by atoms with van der Waals surface area (Å²) < 4.78 is 12.4. The fourth-order valence-corrected chi connectivity index (χ4v) is 6.78. The summed E-state index contributed by atoms with van der Waals surface area (Å²) in [5, 5.41) is 10.4. The van der Waals surface area contributed by atoms with Crippen LogP contribution in [0.15, 0.2) is 25.3 Å². The molecule has 8 nitrogen and oxygen atoms in total. The first-order valence-electron chi connectivity index (χ1n) is 14.0. The van der Waals surface area contributed by atoms with Crippen LogP contribution in [-0.4, -0.2) is 82.3 Å². The Morgan fingerprint density at radius 3 is 2.54 bits per heavy atom. The topological polar surface area (TPSA) is 96.4 Å². The molecule has 2 amide bonds. The van der Waals surface area contributed by atoms with E-state index in [-0.39, 0.29) is 30.9 Å². The van der Waals surface area contributed by atoms with Crippen molar-refractivity contribution in [3.05, 3.63) is 25.3 Å². The average Bonchev–Trinajstić information content (AvgIpc) is 3.48. The normalized spacial score (nSPS) is 30.9. The first-order chi connectivity index (χ1) is 17.7. The predicted octanol–water partition coefficient (Wildman–Crippen LogP) is 3.48. The van der Waals surface area contributed by atoms with Crippen molar-refractivity contribution in [2.45, 2.75) is 95.9 Å². The molecule has 6 atom stereocenters. The molecular weight excluding hydrogens is 472 g/mol. The molecular formula is C29H46N2O6. The fourth-order valence-electron chi connectivity index (χ4n) is 6.78. The lowest BCUT2D eigenvalue weighted by Gasteiger charge is -2.40. The molecule has 3 aliphatic heterocycles. The van der Waals surface area contributed by atoms with E-state index in [1.54, 1.807) is 22.0 Å². The van der Waals surface area contributed by atoms with Gasteiger partial charge in [-0.1, -0.05) is 52.7 Å². The molecule has 1 N–H and O–H groups in total. The third-order valence-corrected chi connectivity index (χ3v) is 8.68. The number of esters is 1. The number of aliphatic hydroxyl groups is 1. The highest BCUT2D eigenvalue weighted by molar-refractivity contribution is 5.98. The van der Waals surface area contributed by atoms with Gasteiger partial charge in [0.05, 0.1) is 30.8 Å². The lowest BCUT2D eigenvalue weighted by molar-refractivity contribution is -0.164. The van der Waals surface area contributed by atoms with Crippen LogP contribution in [0.1, 0.15) is 72.6 Å². The average molecular weight is 519 g/mol. The van der Waals surface area contributed by atoms with Crippen molar-refractivity contribution in [3.63, 3.8) is 0 Å². The van der Waals surface area contributed by atoms with E-state index in [1.807, 2.05) is 20.8 Å². The molecule has 0 saturated carbocycles. The minimum Gasteiger partial charge on any atom is -0.465 e. The standard InChI is InChI=1S/C29H46N2O6/c1-7-11-13-17-30(16-9-3)26(34)24-29-15-14-28(10-4,37-29)23(27(35)36-18-12-8-2)22(29)25(33)31(24)21(19-32)20(5)6/h8-9,20-24,32H,2-3,7,10-19H2,1,4-6H3/t21-,22-,23-,24?,28+,29?/m0/s1. The van der Waals surface area contributed by atoms with Gasteiger partial charge in [-0.15, -0.1) is 13.2 Å². The molecule has 3 heterocycles. The number of ether oxygens (including phenoxy) is 2. The summed E-state index contributed by atoms with van der Waals surface area (Å²) >= 11 is 0. The van der Waals surface area contributed by atoms with E-state index >= 15 is 0 Å². The van der Waals surface area contributed by atoms with E-state index in [9.17, 15) is 19.5 Å². The molecule has 0 aliphatic carbocycles. The van der Waals surface area contributed by atoms with Crippen LogP contribution in [-0.2, 0) is 23.9 Å². The number of fused-ring (bicyclic) bond motifs is 1. The van der Waals surface area contributed by atoms with Crippen molar-refractivity contribution < 1.29 is 29.0 Å². The Balaban J connectivity index is 2.09. The summed E-state index contributed by atoms with van der Waals surface area (Å²) in [4.78, 5) is 45.4. The molecule has 8 heteroatoms. The molecule has 3 fully saturated rings. The zero-order valence-corrected chi connectivity index (χ0v) is 23.1. The Hall–Kier alpha value is -2.19. The minimum atomic E-state index is -1.13. The molecule has 2 bridgehead atoms. The Bertz CT molecular complexity index is 874. The summed E-state index contributed by atoms with van der Waals surface area (Å²) in [5.41, 5.74) is -1.97. The first kappa shape index (κ1) is 29.4. The monoisotopic (exact) mass is 518 g/mol. The largest absolute Gasteiger partial charge is 0.465 e. The SMILES string of the molecule is C=CCCOC(=O)[C@@H]1[C@H]2C(=O)N([C@@H](CO)C(C)C)C(C(=O)N(CC=C)CCCCC)C23CC[C@@]1(CC)O3. The molecule has 0 radical (unpaired) electrons. The lowest BCUT2D eigenvalue weighted by atomic mass is 9.65. The van der Waals surface area contributed by atoms with Crippen molar-refractivity contribution in [3.8, 4) is 0 Å². The van der Waals surface area contributed by atoms with Crippen molar-refractivity contribution >= 4 is 17.8 Å². The lowest BCUT2D eigenvalue weighted by Crippen LogP contribution is -2.59. The Kier molecular flexibility index (Phi) is 9.62. The van der Waals surface area contributed by atoms with Crippen LogP contribution in [0, 0.1) is 17.8 Å². The van der Waals surface area contributed by atoms with Crippen LogP contribution in [0.4, 0.5) is 0 Å². The van der Waals surface area contributed by atoms with Gasteiger partial charge in [0.2, 0.25) is 11.8 Å². The zero-order valence-electron chi connectivity index (χ0n) is 23.1. The van der Waals surface area contributed by atoms with E-state index in [0.29, 0.717) is 38.8 Å². The second kappa shape index (κ2) is 12.1. The number of rotatable bonds is 15. The summed E-state index contributed by atoms with van der Waals surface area (Å²) in [6.07, 6.45) is 8.38. The van der Waals surface area contributed by atoms with Gasteiger partial charge in [-0.05, 0) is 38.0 Å². The van der Waals surface area contributed by atoms with E-state index in [1.165, 1.54) is 0 Å². The highest BCUT2D eigenvalue weighted by atomic mass is 16.6. The molecule has 2 unspecified atom stereocenters. The summed E-state index contributed by atoms with van der Waals surface area (Å²) in [5.74, 6) is -2.64. The highest BCUT2D eigenvalue weighted by Crippen LogP contribution is 2.65. The van der Waals surface area contributed by atoms with Crippen LogP contribution in [0.3, 0.4) is 0 Å². The van der Waals surface area contributed by atoms with Gasteiger partial charge in [0, 0.05) is 13.1 Å². The number of nitrogens with zero attached hydrogens (tertiary/aromatic N) is 2. The number of unbranched alkanes of at least 4 members (excludes halogenated alkanes) is 2. The fraction of sp³-hybridized carbons (Fsp3) is 0.759. The van der Waals surface area contributed by atoms with E-state index in [2.05, 4.69) is 20.1 Å². The molecule has 3 rings (SSSR count). The molecule has 208 valence electrons. The van der Waals surface area contributed by atoms with Gasteiger partial charge >= 0.3 is 5.97 Å².